The minimum absolute atomic E-state index is 0.0308. The molecule has 138 valence electrons. The van der Waals surface area contributed by atoms with Crippen LogP contribution in [0.15, 0.2) is 53.5 Å². The maximum Gasteiger partial charge on any atom is 0.267 e. The molecule has 2 aromatic carbocycles. The fraction of sp³-hybridized carbons (Fsp3) is 0.350. The van der Waals surface area contributed by atoms with Gasteiger partial charge in [-0.05, 0) is 43.5 Å². The molecule has 5 nitrogen and oxygen atoms in total. The van der Waals surface area contributed by atoms with Crippen molar-refractivity contribution < 1.29 is 17.3 Å². The second-order valence-corrected chi connectivity index (χ2v) is 8.80. The van der Waals surface area contributed by atoms with Crippen LogP contribution in [-0.2, 0) is 25.6 Å². The molecule has 0 N–H and O–H groups in total. The molecule has 0 saturated carbocycles. The maximum absolute atomic E-state index is 11.5. The van der Waals surface area contributed by atoms with Gasteiger partial charge in [-0.15, -0.1) is 0 Å². The van der Waals surface area contributed by atoms with Crippen LogP contribution in [0.4, 0.5) is 0 Å². The van der Waals surface area contributed by atoms with E-state index in [-0.39, 0.29) is 17.9 Å². The highest BCUT2D eigenvalue weighted by atomic mass is 32.2. The molecule has 0 aromatic heterocycles. The number of ether oxygens (including phenoxy) is 1. The summed E-state index contributed by atoms with van der Waals surface area (Å²) in [6.45, 7) is 6.26. The third-order valence-corrected chi connectivity index (χ3v) is 5.33. The molecule has 0 saturated heterocycles. The van der Waals surface area contributed by atoms with Gasteiger partial charge in [-0.25, -0.2) is 4.99 Å². The molecular weight excluding hydrogens is 350 g/mol. The molecule has 2 aromatic rings. The van der Waals surface area contributed by atoms with Crippen LogP contribution >= 0.6 is 0 Å². The van der Waals surface area contributed by atoms with Gasteiger partial charge in [0, 0.05) is 5.56 Å². The van der Waals surface area contributed by atoms with Gasteiger partial charge in [0.25, 0.3) is 10.1 Å². The first-order valence-corrected chi connectivity index (χ1v) is 10.2. The van der Waals surface area contributed by atoms with Gasteiger partial charge >= 0.3 is 0 Å². The van der Waals surface area contributed by atoms with Crippen LogP contribution in [0.3, 0.4) is 0 Å². The van der Waals surface area contributed by atoms with E-state index in [9.17, 15) is 8.42 Å². The monoisotopic (exact) mass is 373 g/mol. The number of hydrogen-bond donors (Lipinski definition) is 0. The molecule has 0 fully saturated rings. The number of hydrogen-bond acceptors (Lipinski definition) is 5. The summed E-state index contributed by atoms with van der Waals surface area (Å²) in [6.07, 6.45) is 0. The average molecular weight is 373 g/mol. The van der Waals surface area contributed by atoms with E-state index in [2.05, 4.69) is 4.99 Å². The SMILES string of the molecule is CCS(=O)(=O)OCc1ccc(-c2ccccc2C2=NC(C)(C)CO2)cc1. The van der Waals surface area contributed by atoms with Gasteiger partial charge in [0.2, 0.25) is 5.90 Å². The van der Waals surface area contributed by atoms with Crippen molar-refractivity contribution in [2.45, 2.75) is 32.9 Å². The molecule has 0 aliphatic carbocycles. The third kappa shape index (κ3) is 4.31. The van der Waals surface area contributed by atoms with E-state index in [1.54, 1.807) is 6.92 Å². The lowest BCUT2D eigenvalue weighted by Crippen LogP contribution is -2.17. The lowest BCUT2D eigenvalue weighted by Gasteiger charge is -2.10. The Balaban J connectivity index is 1.85. The molecule has 1 aliphatic rings. The Kier molecular flexibility index (Phi) is 5.16. The molecule has 26 heavy (non-hydrogen) atoms. The van der Waals surface area contributed by atoms with E-state index in [4.69, 9.17) is 8.92 Å². The van der Waals surface area contributed by atoms with Crippen molar-refractivity contribution in [3.05, 3.63) is 59.7 Å². The van der Waals surface area contributed by atoms with Gasteiger partial charge in [0.1, 0.15) is 6.61 Å². The van der Waals surface area contributed by atoms with Crippen molar-refractivity contribution in [3.8, 4) is 11.1 Å². The fourth-order valence-corrected chi connectivity index (χ4v) is 3.15. The summed E-state index contributed by atoms with van der Waals surface area (Å²) in [5.74, 6) is 0.628. The second kappa shape index (κ2) is 7.21. The lowest BCUT2D eigenvalue weighted by atomic mass is 9.98. The van der Waals surface area contributed by atoms with Crippen molar-refractivity contribution >= 4 is 16.0 Å². The minimum Gasteiger partial charge on any atom is -0.475 e. The van der Waals surface area contributed by atoms with Gasteiger partial charge in [0.05, 0.1) is 17.9 Å². The zero-order valence-corrected chi connectivity index (χ0v) is 16.0. The molecule has 1 aliphatic heterocycles. The Morgan fingerprint density at radius 3 is 2.31 bits per heavy atom. The number of rotatable bonds is 6. The highest BCUT2D eigenvalue weighted by Gasteiger charge is 2.28. The first-order chi connectivity index (χ1) is 12.3. The highest BCUT2D eigenvalue weighted by molar-refractivity contribution is 7.86. The quantitative estimate of drug-likeness (QED) is 0.723. The van der Waals surface area contributed by atoms with Crippen LogP contribution in [-0.4, -0.2) is 32.2 Å². The zero-order chi connectivity index (χ0) is 18.8. The molecule has 1 heterocycles. The van der Waals surface area contributed by atoms with Crippen molar-refractivity contribution in [2.75, 3.05) is 12.4 Å². The second-order valence-electron chi connectivity index (χ2n) is 6.87. The molecule has 3 rings (SSSR count). The summed E-state index contributed by atoms with van der Waals surface area (Å²) in [7, 11) is -3.44. The van der Waals surface area contributed by atoms with Crippen LogP contribution in [0, 0.1) is 0 Å². The maximum atomic E-state index is 11.5. The topological polar surface area (TPSA) is 65.0 Å². The van der Waals surface area contributed by atoms with Gasteiger partial charge < -0.3 is 4.74 Å². The summed E-state index contributed by atoms with van der Waals surface area (Å²) >= 11 is 0. The van der Waals surface area contributed by atoms with E-state index in [0.717, 1.165) is 22.3 Å². The largest absolute Gasteiger partial charge is 0.475 e. The van der Waals surface area contributed by atoms with E-state index in [1.807, 2.05) is 62.4 Å². The smallest absolute Gasteiger partial charge is 0.267 e. The van der Waals surface area contributed by atoms with Crippen molar-refractivity contribution in [1.82, 2.24) is 0 Å². The standard InChI is InChI=1S/C20H23NO4S/c1-4-26(22,23)25-13-15-9-11-16(12-10-15)17-7-5-6-8-18(17)19-21-20(2,3)14-24-19/h5-12H,4,13-14H2,1-3H3. The molecule has 6 heteroatoms. The summed E-state index contributed by atoms with van der Waals surface area (Å²) in [6, 6.07) is 15.6. The van der Waals surface area contributed by atoms with Crippen LogP contribution in [0.1, 0.15) is 31.9 Å². The molecule has 0 unspecified atom stereocenters. The first kappa shape index (κ1) is 18.6. The Bertz CT molecular complexity index is 915. The normalized spacial score (nSPS) is 16.2. The van der Waals surface area contributed by atoms with E-state index < -0.39 is 10.1 Å². The van der Waals surface area contributed by atoms with Crippen LogP contribution in [0.25, 0.3) is 11.1 Å². The Labute approximate surface area is 154 Å². The van der Waals surface area contributed by atoms with Crippen molar-refractivity contribution in [1.29, 1.82) is 0 Å². The highest BCUT2D eigenvalue weighted by Crippen LogP contribution is 2.29. The van der Waals surface area contributed by atoms with Crippen molar-refractivity contribution in [2.24, 2.45) is 4.99 Å². The number of benzene rings is 2. The molecule has 0 atom stereocenters. The molecule has 0 amide bonds. The lowest BCUT2D eigenvalue weighted by molar-refractivity contribution is 0.279. The summed E-state index contributed by atoms with van der Waals surface area (Å²) in [5, 5.41) is 0. The van der Waals surface area contributed by atoms with Gasteiger partial charge in [-0.1, -0.05) is 42.5 Å². The van der Waals surface area contributed by atoms with Gasteiger partial charge in [-0.3, -0.25) is 4.18 Å². The van der Waals surface area contributed by atoms with Crippen LogP contribution in [0.5, 0.6) is 0 Å². The predicted octanol–water partition coefficient (Wildman–Crippen LogP) is 3.78. The summed E-state index contributed by atoms with van der Waals surface area (Å²) < 4.78 is 33.7. The van der Waals surface area contributed by atoms with E-state index in [1.165, 1.54) is 0 Å². The fourth-order valence-electron chi connectivity index (χ4n) is 2.67. The third-order valence-electron chi connectivity index (χ3n) is 4.15. The van der Waals surface area contributed by atoms with Crippen LogP contribution in [0.2, 0.25) is 0 Å². The predicted molar refractivity (Wildman–Crippen MR) is 103 cm³/mol. The Morgan fingerprint density at radius 1 is 1.08 bits per heavy atom. The number of aliphatic imine (C=N–C) groups is 1. The van der Waals surface area contributed by atoms with E-state index >= 15 is 0 Å². The Morgan fingerprint density at radius 2 is 1.73 bits per heavy atom. The van der Waals surface area contributed by atoms with Gasteiger partial charge in [-0.2, -0.15) is 8.42 Å². The molecule has 0 spiro atoms. The minimum atomic E-state index is -3.44. The molecular formula is C20H23NO4S. The van der Waals surface area contributed by atoms with Gasteiger partial charge in [0.15, 0.2) is 0 Å². The molecule has 0 radical (unpaired) electrons. The Hall–Kier alpha value is -2.18. The van der Waals surface area contributed by atoms with Crippen LogP contribution < -0.4 is 0 Å². The summed E-state index contributed by atoms with van der Waals surface area (Å²) in [4.78, 5) is 4.67. The first-order valence-electron chi connectivity index (χ1n) is 8.58. The van der Waals surface area contributed by atoms with E-state index in [0.29, 0.717) is 12.5 Å². The number of nitrogens with zero attached hydrogens (tertiary/aromatic N) is 1. The average Bonchev–Trinajstić information content (AvgIpc) is 3.00. The van der Waals surface area contributed by atoms with Crippen molar-refractivity contribution in [3.63, 3.8) is 0 Å². The summed E-state index contributed by atoms with van der Waals surface area (Å²) in [5.41, 5.74) is 3.58. The molecule has 0 bridgehead atoms. The zero-order valence-electron chi connectivity index (χ0n) is 15.2.